The minimum atomic E-state index is -0.791. The molecule has 2 heterocycles. The van der Waals surface area contributed by atoms with Crippen LogP contribution in [-0.4, -0.2) is 21.8 Å². The number of aliphatic hydroxyl groups excluding tert-OH is 1. The van der Waals surface area contributed by atoms with Gasteiger partial charge < -0.3 is 5.11 Å². The molecule has 1 saturated heterocycles. The van der Waals surface area contributed by atoms with Crippen LogP contribution in [0.3, 0.4) is 0 Å². The highest BCUT2D eigenvalue weighted by Gasteiger charge is 2.48. The molecule has 1 aliphatic heterocycles. The molecule has 4 aromatic rings. The Bertz CT molecular complexity index is 1440. The van der Waals surface area contributed by atoms with Crippen molar-refractivity contribution in [3.63, 3.8) is 0 Å². The van der Waals surface area contributed by atoms with Crippen LogP contribution < -0.4 is 4.90 Å². The molecule has 1 N–H and O–H groups in total. The first-order valence-electron chi connectivity index (χ1n) is 10.3. The van der Waals surface area contributed by atoms with Crippen LogP contribution in [0.4, 0.5) is 5.13 Å². The van der Waals surface area contributed by atoms with Crippen molar-refractivity contribution in [2.24, 2.45) is 0 Å². The van der Waals surface area contributed by atoms with E-state index in [2.05, 4.69) is 20.9 Å². The number of nitrogens with zero attached hydrogens (tertiary/aromatic N) is 2. The van der Waals surface area contributed by atoms with Gasteiger partial charge in [-0.15, -0.1) is 0 Å². The third-order valence-electron chi connectivity index (χ3n) is 5.69. The van der Waals surface area contributed by atoms with Crippen LogP contribution in [0.2, 0.25) is 0 Å². The number of hydrogen-bond donors (Lipinski definition) is 1. The number of rotatable bonds is 3. The van der Waals surface area contributed by atoms with Crippen molar-refractivity contribution in [1.29, 1.82) is 0 Å². The lowest BCUT2D eigenvalue weighted by molar-refractivity contribution is -0.132. The quantitative estimate of drug-likeness (QED) is 0.196. The second-order valence-electron chi connectivity index (χ2n) is 8.05. The number of aromatic nitrogens is 1. The van der Waals surface area contributed by atoms with Gasteiger partial charge in [0.15, 0.2) is 5.13 Å². The number of aryl methyl sites for hydroxylation is 2. The Kier molecular flexibility index (Phi) is 5.38. The molecular formula is C26H19BrN2O3S. The molecule has 5 rings (SSSR count). The zero-order valence-electron chi connectivity index (χ0n) is 17.9. The Labute approximate surface area is 203 Å². The Morgan fingerprint density at radius 2 is 1.64 bits per heavy atom. The molecular weight excluding hydrogens is 500 g/mol. The summed E-state index contributed by atoms with van der Waals surface area (Å²) in [6, 6.07) is 19.7. The normalized spacial score (nSPS) is 17.8. The molecule has 1 fully saturated rings. The highest BCUT2D eigenvalue weighted by Crippen LogP contribution is 2.44. The van der Waals surface area contributed by atoms with Crippen molar-refractivity contribution in [2.45, 2.75) is 19.9 Å². The third kappa shape index (κ3) is 3.77. The first-order chi connectivity index (χ1) is 15.8. The summed E-state index contributed by atoms with van der Waals surface area (Å²) in [5.74, 6) is -1.62. The van der Waals surface area contributed by atoms with Gasteiger partial charge in [-0.05, 0) is 49.2 Å². The minimum Gasteiger partial charge on any atom is -0.507 e. The van der Waals surface area contributed by atoms with Crippen LogP contribution in [0.1, 0.15) is 28.3 Å². The van der Waals surface area contributed by atoms with E-state index in [4.69, 9.17) is 0 Å². The summed E-state index contributed by atoms with van der Waals surface area (Å²) < 4.78 is 1.80. The van der Waals surface area contributed by atoms with E-state index in [9.17, 15) is 14.7 Å². The van der Waals surface area contributed by atoms with Gasteiger partial charge in [-0.1, -0.05) is 75.3 Å². The smallest absolute Gasteiger partial charge is 0.301 e. The van der Waals surface area contributed by atoms with Crippen LogP contribution in [0.25, 0.3) is 16.0 Å². The van der Waals surface area contributed by atoms with Gasteiger partial charge in [-0.2, -0.15) is 0 Å². The second kappa shape index (κ2) is 8.24. The summed E-state index contributed by atoms with van der Waals surface area (Å²) in [5.41, 5.74) is 4.13. The average Bonchev–Trinajstić information content (AvgIpc) is 3.32. The number of halogens is 1. The minimum absolute atomic E-state index is 0.0570. The van der Waals surface area contributed by atoms with Crippen LogP contribution >= 0.6 is 27.3 Å². The topological polar surface area (TPSA) is 70.5 Å². The van der Waals surface area contributed by atoms with Gasteiger partial charge in [0, 0.05) is 10.0 Å². The van der Waals surface area contributed by atoms with Gasteiger partial charge in [0.2, 0.25) is 0 Å². The van der Waals surface area contributed by atoms with E-state index in [1.165, 1.54) is 16.2 Å². The molecule has 1 aliphatic rings. The average molecular weight is 519 g/mol. The number of hydrogen-bond acceptors (Lipinski definition) is 5. The summed E-state index contributed by atoms with van der Waals surface area (Å²) in [5, 5.41) is 11.6. The number of ketones is 1. The first kappa shape index (κ1) is 21.6. The van der Waals surface area contributed by atoms with Gasteiger partial charge in [0.1, 0.15) is 5.76 Å². The molecule has 0 saturated carbocycles. The molecule has 164 valence electrons. The van der Waals surface area contributed by atoms with Gasteiger partial charge in [-0.3, -0.25) is 14.5 Å². The summed E-state index contributed by atoms with van der Waals surface area (Å²) in [6.45, 7) is 3.94. The van der Waals surface area contributed by atoms with E-state index in [0.29, 0.717) is 16.3 Å². The molecule has 3 aromatic carbocycles. The number of benzene rings is 3. The fourth-order valence-electron chi connectivity index (χ4n) is 3.98. The fourth-order valence-corrected chi connectivity index (χ4v) is 5.33. The van der Waals surface area contributed by atoms with Crippen molar-refractivity contribution in [3.8, 4) is 0 Å². The van der Waals surface area contributed by atoms with Crippen LogP contribution in [-0.2, 0) is 9.59 Å². The van der Waals surface area contributed by atoms with Crippen LogP contribution in [0.15, 0.2) is 76.8 Å². The Morgan fingerprint density at radius 1 is 0.970 bits per heavy atom. The first-order valence-corrected chi connectivity index (χ1v) is 11.9. The number of carbonyl (C=O) groups excluding carboxylic acids is 2. The second-order valence-corrected chi connectivity index (χ2v) is 9.98. The molecule has 5 nitrogen and oxygen atoms in total. The zero-order chi connectivity index (χ0) is 23.3. The van der Waals surface area contributed by atoms with E-state index >= 15 is 0 Å². The number of carbonyl (C=O) groups is 2. The van der Waals surface area contributed by atoms with Crippen molar-refractivity contribution in [1.82, 2.24) is 4.98 Å². The Balaban J connectivity index is 1.73. The lowest BCUT2D eigenvalue weighted by Crippen LogP contribution is -2.29. The Hall–Kier alpha value is -3.29. The monoisotopic (exact) mass is 518 g/mol. The maximum Gasteiger partial charge on any atom is 0.301 e. The van der Waals surface area contributed by atoms with E-state index in [1.807, 2.05) is 68.4 Å². The maximum atomic E-state index is 13.3. The number of anilines is 1. The molecule has 1 amide bonds. The summed E-state index contributed by atoms with van der Waals surface area (Å²) >= 11 is 4.79. The fraction of sp³-hybridized carbons (Fsp3) is 0.115. The van der Waals surface area contributed by atoms with Gasteiger partial charge in [0.25, 0.3) is 5.78 Å². The molecule has 1 aromatic heterocycles. The van der Waals surface area contributed by atoms with E-state index in [1.54, 1.807) is 12.1 Å². The highest BCUT2D eigenvalue weighted by molar-refractivity contribution is 9.10. The molecule has 0 radical (unpaired) electrons. The Morgan fingerprint density at radius 3 is 2.33 bits per heavy atom. The third-order valence-corrected chi connectivity index (χ3v) is 7.24. The van der Waals surface area contributed by atoms with Gasteiger partial charge in [-0.25, -0.2) is 4.98 Å². The van der Waals surface area contributed by atoms with Crippen LogP contribution in [0.5, 0.6) is 0 Å². The lowest BCUT2D eigenvalue weighted by Gasteiger charge is -2.23. The molecule has 7 heteroatoms. The highest BCUT2D eigenvalue weighted by atomic mass is 79.9. The molecule has 0 unspecified atom stereocenters. The van der Waals surface area contributed by atoms with Crippen LogP contribution in [0, 0.1) is 13.8 Å². The number of amides is 1. The number of aliphatic hydroxyl groups is 1. The van der Waals surface area contributed by atoms with Gasteiger partial charge >= 0.3 is 5.91 Å². The molecule has 1 atom stereocenters. The summed E-state index contributed by atoms with van der Waals surface area (Å²) in [6.07, 6.45) is 0. The number of thiazole rings is 1. The number of fused-ring (bicyclic) bond motifs is 1. The van der Waals surface area contributed by atoms with Crippen molar-refractivity contribution >= 4 is 60.1 Å². The van der Waals surface area contributed by atoms with E-state index in [-0.39, 0.29) is 11.3 Å². The zero-order valence-corrected chi connectivity index (χ0v) is 20.3. The number of Topliss-reactive ketones (excluding diaryl/α,β-unsaturated/α-hetero) is 1. The van der Waals surface area contributed by atoms with E-state index in [0.717, 1.165) is 25.8 Å². The van der Waals surface area contributed by atoms with Crippen molar-refractivity contribution < 1.29 is 14.7 Å². The largest absolute Gasteiger partial charge is 0.507 e. The lowest BCUT2D eigenvalue weighted by atomic mass is 9.95. The molecule has 0 spiro atoms. The molecule has 33 heavy (non-hydrogen) atoms. The predicted molar refractivity (Wildman–Crippen MR) is 134 cm³/mol. The maximum absolute atomic E-state index is 13.3. The standard InChI is InChI=1S/C26H19BrN2O3S/c1-14-3-6-17(7-4-14)23(30)21-22(16-8-10-18(27)11-9-16)29(25(32)24(21)31)26-28-19-12-5-15(2)13-20(19)33-26/h3-13,22,30H,1-2H3/b23-21+/t22-/m0/s1. The predicted octanol–water partition coefficient (Wildman–Crippen LogP) is 6.30. The van der Waals surface area contributed by atoms with Gasteiger partial charge in [0.05, 0.1) is 21.8 Å². The summed E-state index contributed by atoms with van der Waals surface area (Å²) in [7, 11) is 0. The van der Waals surface area contributed by atoms with Crippen molar-refractivity contribution in [3.05, 3.63) is 99.0 Å². The molecule has 0 bridgehead atoms. The SMILES string of the molecule is Cc1ccc(/C(O)=C2\C(=O)C(=O)N(c3nc4ccc(C)cc4s3)[C@H]2c2ccc(Br)cc2)cc1. The van der Waals surface area contributed by atoms with E-state index < -0.39 is 17.7 Å². The molecule has 0 aliphatic carbocycles. The summed E-state index contributed by atoms with van der Waals surface area (Å²) in [4.78, 5) is 32.6. The van der Waals surface area contributed by atoms with Crippen molar-refractivity contribution in [2.75, 3.05) is 4.90 Å².